The molecule has 0 unspecified atom stereocenters. The van der Waals surface area contributed by atoms with E-state index in [0.717, 1.165) is 6.21 Å². The Kier molecular flexibility index (Phi) is 5.93. The van der Waals surface area contributed by atoms with Gasteiger partial charge in [-0.05, 0) is 18.4 Å². The molecule has 0 spiro atoms. The molecule has 5 N–H and O–H groups in total. The molecule has 1 heterocycles. The van der Waals surface area contributed by atoms with Crippen molar-refractivity contribution in [3.05, 3.63) is 35.8 Å². The van der Waals surface area contributed by atoms with Gasteiger partial charge in [-0.15, -0.1) is 0 Å². The summed E-state index contributed by atoms with van der Waals surface area (Å²) in [6.45, 7) is 0. The standard InChI is InChI=1S/C14H13FN6O2S/c1-24-14-17-7-9(13(22)23)12(20-14)19-8-2-3-10(15)11(6-8)21-18-5-4-16/h2-7,16,21H,1H3,(H,22,23)(H,17,19,20)/p+1. The molecule has 0 radical (unpaired) electrons. The first-order valence-electron chi connectivity index (χ1n) is 6.61. The van der Waals surface area contributed by atoms with Gasteiger partial charge in [0, 0.05) is 24.2 Å². The van der Waals surface area contributed by atoms with E-state index in [1.54, 1.807) is 6.26 Å². The molecule has 8 nitrogen and oxygen atoms in total. The number of anilines is 2. The second-order valence-electron chi connectivity index (χ2n) is 4.38. The van der Waals surface area contributed by atoms with Gasteiger partial charge in [-0.1, -0.05) is 16.9 Å². The molecule has 2 aromatic rings. The lowest BCUT2D eigenvalue weighted by atomic mass is 10.2. The molecule has 0 aliphatic rings. The Morgan fingerprint density at radius 3 is 3.00 bits per heavy atom. The number of halogens is 1. The molecule has 0 atom stereocenters. The fourth-order valence-electron chi connectivity index (χ4n) is 1.74. The Labute approximate surface area is 140 Å². The number of thioether (sulfide) groups is 1. The molecule has 1 aromatic heterocycles. The minimum atomic E-state index is -1.17. The molecule has 0 fully saturated rings. The quantitative estimate of drug-likeness (QED) is 0.150. The summed E-state index contributed by atoms with van der Waals surface area (Å²) in [5.41, 5.74) is 1.80. The molecule has 2 rings (SSSR count). The molecule has 10 heteroatoms. The maximum absolute atomic E-state index is 13.7. The van der Waals surface area contributed by atoms with Gasteiger partial charge in [-0.3, -0.25) is 0 Å². The van der Waals surface area contributed by atoms with E-state index in [4.69, 9.17) is 5.41 Å². The van der Waals surface area contributed by atoms with E-state index in [0.29, 0.717) is 10.8 Å². The average Bonchev–Trinajstić information content (AvgIpc) is 2.57. The topological polar surface area (TPSA) is 128 Å². The first-order valence-corrected chi connectivity index (χ1v) is 7.84. The molecule has 1 aromatic carbocycles. The lowest BCUT2D eigenvalue weighted by Gasteiger charge is -2.09. The highest BCUT2D eigenvalue weighted by molar-refractivity contribution is 7.98. The Balaban J connectivity index is 2.33. The number of aromatic nitrogens is 2. The number of rotatable bonds is 7. The summed E-state index contributed by atoms with van der Waals surface area (Å²) in [4.78, 5) is 19.3. The zero-order valence-corrected chi connectivity index (χ0v) is 13.3. The number of nitrogens with zero attached hydrogens (tertiary/aromatic N) is 3. The van der Waals surface area contributed by atoms with Crippen LogP contribution in [-0.2, 0) is 0 Å². The van der Waals surface area contributed by atoms with Crippen LogP contribution in [0.1, 0.15) is 10.4 Å². The minimum absolute atomic E-state index is 0.0931. The van der Waals surface area contributed by atoms with Gasteiger partial charge in [0.15, 0.2) is 16.7 Å². The van der Waals surface area contributed by atoms with Crippen LogP contribution in [0, 0.1) is 11.2 Å². The molecule has 0 aliphatic heterocycles. The normalized spacial score (nSPS) is 10.8. The molecule has 0 saturated heterocycles. The molecule has 24 heavy (non-hydrogen) atoms. The van der Waals surface area contributed by atoms with E-state index in [9.17, 15) is 14.3 Å². The van der Waals surface area contributed by atoms with Crippen LogP contribution < -0.4 is 10.7 Å². The van der Waals surface area contributed by atoms with Crippen LogP contribution in [0.4, 0.5) is 21.6 Å². The van der Waals surface area contributed by atoms with Gasteiger partial charge in [-0.25, -0.2) is 19.2 Å². The van der Waals surface area contributed by atoms with Crippen molar-refractivity contribution in [2.24, 2.45) is 5.10 Å². The second kappa shape index (κ2) is 8.13. The molecule has 0 bridgehead atoms. The number of carboxylic acid groups (broad SMARTS) is 1. The fourth-order valence-corrected chi connectivity index (χ4v) is 2.08. The third-order valence-corrected chi connectivity index (χ3v) is 3.37. The van der Waals surface area contributed by atoms with Gasteiger partial charge in [0.05, 0.1) is 0 Å². The Bertz CT molecular complexity index is 799. The van der Waals surface area contributed by atoms with Gasteiger partial charge in [-0.2, -0.15) is 5.43 Å². The van der Waals surface area contributed by atoms with Crippen molar-refractivity contribution in [2.75, 3.05) is 11.6 Å². The van der Waals surface area contributed by atoms with Crippen molar-refractivity contribution >= 4 is 47.4 Å². The summed E-state index contributed by atoms with van der Waals surface area (Å²) < 4.78 is 13.7. The van der Waals surface area contributed by atoms with Crippen molar-refractivity contribution in [3.63, 3.8) is 0 Å². The number of hydrogen-bond acceptors (Lipinski definition) is 7. The van der Waals surface area contributed by atoms with E-state index >= 15 is 0 Å². The van der Waals surface area contributed by atoms with Crippen LogP contribution in [0.25, 0.3) is 0 Å². The van der Waals surface area contributed by atoms with Crippen LogP contribution in [0.15, 0.2) is 34.7 Å². The molecule has 0 amide bonds. The van der Waals surface area contributed by atoms with Gasteiger partial charge in [0.2, 0.25) is 0 Å². The van der Waals surface area contributed by atoms with Gasteiger partial charge in [0.1, 0.15) is 17.6 Å². The van der Waals surface area contributed by atoms with E-state index < -0.39 is 11.8 Å². The third-order valence-electron chi connectivity index (χ3n) is 2.81. The first-order chi connectivity index (χ1) is 11.5. The smallest absolute Gasteiger partial charge is 0.341 e. The summed E-state index contributed by atoms with van der Waals surface area (Å²) in [5, 5.41) is 23.1. The highest BCUT2D eigenvalue weighted by atomic mass is 32.2. The number of carboxylic acids is 1. The van der Waals surface area contributed by atoms with Crippen molar-refractivity contribution in [2.45, 2.75) is 5.16 Å². The predicted octanol–water partition coefficient (Wildman–Crippen LogP) is 1.61. The zero-order chi connectivity index (χ0) is 17.5. The molecule has 0 aliphatic carbocycles. The highest BCUT2D eigenvalue weighted by Gasteiger charge is 2.15. The summed E-state index contributed by atoms with van der Waals surface area (Å²) >= 11 is 1.27. The lowest BCUT2D eigenvalue weighted by molar-refractivity contribution is -0.578. The molecule has 124 valence electrons. The molecule has 0 saturated carbocycles. The van der Waals surface area contributed by atoms with E-state index in [2.05, 4.69) is 20.4 Å². The molecular weight excluding hydrogens is 335 g/mol. The number of hydrogen-bond donors (Lipinski definition) is 4. The summed E-state index contributed by atoms with van der Waals surface area (Å²) in [5.74, 6) is -1.55. The van der Waals surface area contributed by atoms with Gasteiger partial charge < -0.3 is 15.8 Å². The van der Waals surface area contributed by atoms with Crippen molar-refractivity contribution in [3.8, 4) is 0 Å². The van der Waals surface area contributed by atoms with Crippen molar-refractivity contribution in [1.82, 2.24) is 9.97 Å². The minimum Gasteiger partial charge on any atom is -0.477 e. The fraction of sp³-hybridized carbons (Fsp3) is 0.0714. The van der Waals surface area contributed by atoms with Crippen LogP contribution in [-0.4, -0.2) is 39.7 Å². The second-order valence-corrected chi connectivity index (χ2v) is 5.15. The Morgan fingerprint density at radius 2 is 2.33 bits per heavy atom. The van der Waals surface area contributed by atoms with Gasteiger partial charge in [0.25, 0.3) is 0 Å². The van der Waals surface area contributed by atoms with Crippen LogP contribution >= 0.6 is 11.8 Å². The van der Waals surface area contributed by atoms with Crippen LogP contribution in [0.2, 0.25) is 0 Å². The SMILES string of the molecule is CSc1ncc(C(=O)O)c(Nc2ccc(F)c([NH2+]N=CC=N)c2)n1. The summed E-state index contributed by atoms with van der Waals surface area (Å²) in [6, 6.07) is 4.15. The molecular formula is C14H14FN6O2S+. The first kappa shape index (κ1) is 17.5. The van der Waals surface area contributed by atoms with E-state index in [1.165, 1.54) is 47.8 Å². The number of carbonyl (C=O) groups is 1. The van der Waals surface area contributed by atoms with Gasteiger partial charge >= 0.3 is 5.97 Å². The number of quaternary nitrogens is 1. The number of aromatic carboxylic acids is 1. The number of nitrogens with two attached hydrogens (primary N) is 1. The van der Waals surface area contributed by atoms with Crippen LogP contribution in [0.3, 0.4) is 0 Å². The zero-order valence-electron chi connectivity index (χ0n) is 12.5. The average molecular weight is 349 g/mol. The number of nitrogens with one attached hydrogen (secondary N) is 2. The maximum atomic E-state index is 13.7. The third kappa shape index (κ3) is 4.33. The maximum Gasteiger partial charge on any atom is 0.341 e. The van der Waals surface area contributed by atoms with Crippen molar-refractivity contribution in [1.29, 1.82) is 5.41 Å². The van der Waals surface area contributed by atoms with E-state index in [-0.39, 0.29) is 17.1 Å². The Hall–Kier alpha value is -2.85. The lowest BCUT2D eigenvalue weighted by Crippen LogP contribution is -2.71. The number of benzene rings is 1. The highest BCUT2D eigenvalue weighted by Crippen LogP contribution is 2.23. The summed E-state index contributed by atoms with van der Waals surface area (Å²) in [6.07, 6.45) is 5.16. The van der Waals surface area contributed by atoms with Crippen LogP contribution in [0.5, 0.6) is 0 Å². The Morgan fingerprint density at radius 1 is 1.54 bits per heavy atom. The summed E-state index contributed by atoms with van der Waals surface area (Å²) in [7, 11) is 0. The largest absolute Gasteiger partial charge is 0.477 e. The van der Waals surface area contributed by atoms with Crippen molar-refractivity contribution < 1.29 is 19.7 Å². The predicted molar refractivity (Wildman–Crippen MR) is 89.3 cm³/mol. The monoisotopic (exact) mass is 349 g/mol. The van der Waals surface area contributed by atoms with E-state index in [1.807, 2.05) is 0 Å².